The molecule has 1 saturated carbocycles. The Hall–Kier alpha value is -1.24. The average molecular weight is 297 g/mol. The third-order valence-electron chi connectivity index (χ3n) is 3.04. The average Bonchev–Trinajstić information content (AvgIpc) is 3.15. The van der Waals surface area contributed by atoms with E-state index < -0.39 is 0 Å². The number of rotatable bonds is 4. The van der Waals surface area contributed by atoms with Crippen molar-refractivity contribution < 1.29 is 0 Å². The molecule has 0 spiro atoms. The van der Waals surface area contributed by atoms with Gasteiger partial charge < -0.3 is 5.73 Å². The second kappa shape index (κ2) is 5.03. The van der Waals surface area contributed by atoms with E-state index >= 15 is 0 Å². The lowest BCUT2D eigenvalue weighted by Gasteiger charge is -2.06. The Labute approximate surface area is 119 Å². The van der Waals surface area contributed by atoms with E-state index in [1.54, 1.807) is 4.57 Å². The predicted octanol–water partition coefficient (Wildman–Crippen LogP) is 2.17. The molecule has 0 unspecified atom stereocenters. The molecule has 0 atom stereocenters. The van der Waals surface area contributed by atoms with Crippen molar-refractivity contribution in [1.82, 2.24) is 14.8 Å². The molecule has 100 valence electrons. The number of aromatic amines is 1. The molecule has 0 amide bonds. The van der Waals surface area contributed by atoms with E-state index in [2.05, 4.69) is 10.2 Å². The first-order valence-corrected chi connectivity index (χ1v) is 7.21. The summed E-state index contributed by atoms with van der Waals surface area (Å²) in [5, 5.41) is 7.89. The van der Waals surface area contributed by atoms with E-state index in [-0.39, 0.29) is 5.69 Å². The zero-order chi connectivity index (χ0) is 13.4. The normalized spacial score (nSPS) is 14.8. The van der Waals surface area contributed by atoms with E-state index in [4.69, 9.17) is 17.3 Å². The number of H-pyrrole nitrogens is 1. The molecule has 0 bridgehead atoms. The Morgan fingerprint density at radius 2 is 2.32 bits per heavy atom. The number of nitrogens with one attached hydrogen (secondary N) is 1. The standard InChI is InChI=1S/C12H13ClN4OS/c13-10-5-9(4-1-7(10)6-14)19-12-16-15-11(18)17(12)8-2-3-8/h1,4-5,8H,2-3,6,14H2,(H,15,18). The van der Waals surface area contributed by atoms with Crippen LogP contribution in [0.5, 0.6) is 0 Å². The van der Waals surface area contributed by atoms with Crippen LogP contribution in [-0.4, -0.2) is 14.8 Å². The van der Waals surface area contributed by atoms with Gasteiger partial charge in [0.1, 0.15) is 0 Å². The molecule has 1 aromatic carbocycles. The first kappa shape index (κ1) is 12.8. The molecule has 3 N–H and O–H groups in total. The largest absolute Gasteiger partial charge is 0.344 e. The molecule has 0 saturated heterocycles. The van der Waals surface area contributed by atoms with Gasteiger partial charge in [0, 0.05) is 22.5 Å². The van der Waals surface area contributed by atoms with Crippen LogP contribution in [0.2, 0.25) is 5.02 Å². The summed E-state index contributed by atoms with van der Waals surface area (Å²) in [6.07, 6.45) is 2.08. The van der Waals surface area contributed by atoms with Crippen LogP contribution in [-0.2, 0) is 6.54 Å². The maximum Gasteiger partial charge on any atom is 0.344 e. The van der Waals surface area contributed by atoms with E-state index in [1.807, 2.05) is 18.2 Å². The Morgan fingerprint density at radius 3 is 2.95 bits per heavy atom. The van der Waals surface area contributed by atoms with Crippen molar-refractivity contribution in [1.29, 1.82) is 0 Å². The number of aromatic nitrogens is 3. The molecule has 1 aromatic heterocycles. The Balaban J connectivity index is 1.89. The predicted molar refractivity (Wildman–Crippen MR) is 74.6 cm³/mol. The van der Waals surface area contributed by atoms with Crippen molar-refractivity contribution in [3.05, 3.63) is 39.3 Å². The van der Waals surface area contributed by atoms with Crippen molar-refractivity contribution in [2.45, 2.75) is 35.5 Å². The minimum absolute atomic E-state index is 0.144. The lowest BCUT2D eigenvalue weighted by Crippen LogP contribution is -2.15. The van der Waals surface area contributed by atoms with Gasteiger partial charge in [-0.1, -0.05) is 17.7 Å². The Morgan fingerprint density at radius 1 is 1.53 bits per heavy atom. The second-order valence-corrected chi connectivity index (χ2v) is 5.92. The van der Waals surface area contributed by atoms with Gasteiger partial charge in [-0.15, -0.1) is 5.10 Å². The first-order valence-electron chi connectivity index (χ1n) is 6.02. The van der Waals surface area contributed by atoms with Gasteiger partial charge in [-0.2, -0.15) is 0 Å². The smallest absolute Gasteiger partial charge is 0.326 e. The highest BCUT2D eigenvalue weighted by Crippen LogP contribution is 2.38. The summed E-state index contributed by atoms with van der Waals surface area (Å²) in [4.78, 5) is 12.6. The minimum Gasteiger partial charge on any atom is -0.326 e. The van der Waals surface area contributed by atoms with Crippen molar-refractivity contribution in [3.8, 4) is 0 Å². The molecule has 5 nitrogen and oxygen atoms in total. The first-order chi connectivity index (χ1) is 9.19. The number of benzene rings is 1. The van der Waals surface area contributed by atoms with Gasteiger partial charge in [-0.3, -0.25) is 4.57 Å². The van der Waals surface area contributed by atoms with Crippen molar-refractivity contribution >= 4 is 23.4 Å². The minimum atomic E-state index is -0.144. The monoisotopic (exact) mass is 296 g/mol. The fourth-order valence-corrected chi connectivity index (χ4v) is 3.15. The quantitative estimate of drug-likeness (QED) is 0.906. The van der Waals surface area contributed by atoms with E-state index in [0.717, 1.165) is 23.3 Å². The highest BCUT2D eigenvalue weighted by Gasteiger charge is 2.28. The molecule has 0 aliphatic heterocycles. The third kappa shape index (κ3) is 2.56. The summed E-state index contributed by atoms with van der Waals surface area (Å²) in [7, 11) is 0. The molecule has 2 aromatic rings. The van der Waals surface area contributed by atoms with Crippen LogP contribution < -0.4 is 11.4 Å². The van der Waals surface area contributed by atoms with Gasteiger partial charge in [0.05, 0.1) is 0 Å². The number of hydrogen-bond acceptors (Lipinski definition) is 4. The molecule has 1 fully saturated rings. The van der Waals surface area contributed by atoms with Crippen molar-refractivity contribution in [2.24, 2.45) is 5.73 Å². The van der Waals surface area contributed by atoms with E-state index in [9.17, 15) is 4.79 Å². The molecule has 19 heavy (non-hydrogen) atoms. The summed E-state index contributed by atoms with van der Waals surface area (Å²) in [5.74, 6) is 0. The molecule has 0 radical (unpaired) electrons. The molecule has 1 heterocycles. The number of nitrogens with two attached hydrogens (primary N) is 1. The van der Waals surface area contributed by atoms with Gasteiger partial charge in [-0.05, 0) is 42.3 Å². The maximum atomic E-state index is 11.7. The molecule has 7 heteroatoms. The second-order valence-electron chi connectivity index (χ2n) is 4.47. The van der Waals surface area contributed by atoms with E-state index in [1.165, 1.54) is 11.8 Å². The van der Waals surface area contributed by atoms with Gasteiger partial charge in [0.25, 0.3) is 0 Å². The summed E-state index contributed by atoms with van der Waals surface area (Å²) >= 11 is 7.56. The van der Waals surface area contributed by atoms with Crippen LogP contribution in [0.3, 0.4) is 0 Å². The van der Waals surface area contributed by atoms with Crippen LogP contribution in [0, 0.1) is 0 Å². The summed E-state index contributed by atoms with van der Waals surface area (Å²) in [5.41, 5.74) is 6.34. The topological polar surface area (TPSA) is 76.7 Å². The zero-order valence-electron chi connectivity index (χ0n) is 10.1. The Bertz CT molecular complexity index is 662. The lowest BCUT2D eigenvalue weighted by molar-refractivity contribution is 0.642. The molecular formula is C12H13ClN4OS. The lowest BCUT2D eigenvalue weighted by atomic mass is 10.2. The van der Waals surface area contributed by atoms with Gasteiger partial charge in [0.15, 0.2) is 5.16 Å². The van der Waals surface area contributed by atoms with Gasteiger partial charge in [0.2, 0.25) is 0 Å². The summed E-state index contributed by atoms with van der Waals surface area (Å²) in [6.45, 7) is 0.416. The maximum absolute atomic E-state index is 11.7. The number of hydrogen-bond donors (Lipinski definition) is 2. The fraction of sp³-hybridized carbons (Fsp3) is 0.333. The number of halogens is 1. The Kier molecular flexibility index (Phi) is 3.38. The molecular weight excluding hydrogens is 284 g/mol. The molecule has 1 aliphatic rings. The van der Waals surface area contributed by atoms with Crippen molar-refractivity contribution in [3.63, 3.8) is 0 Å². The summed E-state index contributed by atoms with van der Waals surface area (Å²) in [6, 6.07) is 5.99. The third-order valence-corrected chi connectivity index (χ3v) is 4.35. The van der Waals surface area contributed by atoms with Crippen LogP contribution >= 0.6 is 23.4 Å². The van der Waals surface area contributed by atoms with Gasteiger partial charge in [-0.25, -0.2) is 9.89 Å². The van der Waals surface area contributed by atoms with E-state index in [0.29, 0.717) is 22.8 Å². The van der Waals surface area contributed by atoms with Crippen LogP contribution in [0.1, 0.15) is 24.4 Å². The van der Waals surface area contributed by atoms with Crippen LogP contribution in [0.4, 0.5) is 0 Å². The highest BCUT2D eigenvalue weighted by molar-refractivity contribution is 7.99. The number of nitrogens with zero attached hydrogens (tertiary/aromatic N) is 2. The van der Waals surface area contributed by atoms with Crippen LogP contribution in [0.25, 0.3) is 0 Å². The molecule has 1 aliphatic carbocycles. The summed E-state index contributed by atoms with van der Waals surface area (Å²) < 4.78 is 1.72. The van der Waals surface area contributed by atoms with Gasteiger partial charge >= 0.3 is 5.69 Å². The highest BCUT2D eigenvalue weighted by atomic mass is 35.5. The zero-order valence-corrected chi connectivity index (χ0v) is 11.7. The fourth-order valence-electron chi connectivity index (χ4n) is 1.88. The van der Waals surface area contributed by atoms with Crippen LogP contribution in [0.15, 0.2) is 33.0 Å². The van der Waals surface area contributed by atoms with Crippen molar-refractivity contribution in [2.75, 3.05) is 0 Å². The molecule has 3 rings (SSSR count). The SMILES string of the molecule is NCc1ccc(Sc2n[nH]c(=O)n2C2CC2)cc1Cl.